The maximum atomic E-state index is 12.0. The summed E-state index contributed by atoms with van der Waals surface area (Å²) >= 11 is 10.6. The van der Waals surface area contributed by atoms with Crippen LogP contribution >= 0.6 is 38.9 Å². The number of carbonyl (C=O) groups excluding carboxylic acids is 2. The third-order valence-electron chi connectivity index (χ3n) is 2.91. The van der Waals surface area contributed by atoms with Crippen molar-refractivity contribution >= 4 is 50.7 Å². The number of hydrogen-bond donors (Lipinski definition) is 2. The largest absolute Gasteiger partial charge is 0.291 e. The number of aromatic nitrogens is 3. The lowest BCUT2D eigenvalue weighted by Crippen LogP contribution is -2.41. The van der Waals surface area contributed by atoms with Gasteiger partial charge >= 0.3 is 0 Å². The molecular weight excluding hydrogens is 418 g/mol. The van der Waals surface area contributed by atoms with Crippen LogP contribution in [0.1, 0.15) is 20.2 Å². The summed E-state index contributed by atoms with van der Waals surface area (Å²) in [6.45, 7) is 0. The Bertz CT molecular complexity index is 910. The second-order valence-corrected chi connectivity index (χ2v) is 7.38. The van der Waals surface area contributed by atoms with Gasteiger partial charge in [0.1, 0.15) is 0 Å². The Morgan fingerprint density at radius 3 is 2.58 bits per heavy atom. The molecule has 24 heavy (non-hydrogen) atoms. The predicted octanol–water partition coefficient (Wildman–Crippen LogP) is 2.82. The molecule has 0 saturated carbocycles. The van der Waals surface area contributed by atoms with E-state index in [4.69, 9.17) is 11.6 Å². The molecule has 2 heterocycles. The summed E-state index contributed by atoms with van der Waals surface area (Å²) in [5.41, 5.74) is 5.25. The molecule has 0 atom stereocenters. The van der Waals surface area contributed by atoms with E-state index in [0.717, 1.165) is 3.79 Å². The zero-order valence-electron chi connectivity index (χ0n) is 11.9. The van der Waals surface area contributed by atoms with Crippen LogP contribution in [0.4, 0.5) is 0 Å². The Morgan fingerprint density at radius 1 is 1.12 bits per heavy atom. The van der Waals surface area contributed by atoms with Crippen LogP contribution < -0.4 is 10.9 Å². The Kier molecular flexibility index (Phi) is 4.93. The fourth-order valence-corrected chi connectivity index (χ4v) is 3.30. The highest BCUT2D eigenvalue weighted by Crippen LogP contribution is 2.21. The topological polar surface area (TPSA) is 88.9 Å². The number of carbonyl (C=O) groups is 2. The molecule has 2 aromatic heterocycles. The number of nitrogens with zero attached hydrogens (tertiary/aromatic N) is 3. The van der Waals surface area contributed by atoms with Gasteiger partial charge in [-0.3, -0.25) is 20.4 Å². The monoisotopic (exact) mass is 425 g/mol. The predicted molar refractivity (Wildman–Crippen MR) is 93.3 cm³/mol. The fourth-order valence-electron chi connectivity index (χ4n) is 1.80. The van der Waals surface area contributed by atoms with Gasteiger partial charge in [-0.1, -0.05) is 28.9 Å². The highest BCUT2D eigenvalue weighted by Gasteiger charge is 2.15. The third kappa shape index (κ3) is 3.64. The quantitative estimate of drug-likeness (QED) is 0.630. The van der Waals surface area contributed by atoms with Gasteiger partial charge < -0.3 is 0 Å². The molecule has 0 bridgehead atoms. The van der Waals surface area contributed by atoms with Gasteiger partial charge in [0, 0.05) is 0 Å². The van der Waals surface area contributed by atoms with Gasteiger partial charge in [-0.25, -0.2) is 4.68 Å². The molecule has 3 rings (SSSR count). The van der Waals surface area contributed by atoms with Gasteiger partial charge in [0.15, 0.2) is 5.69 Å². The summed E-state index contributed by atoms with van der Waals surface area (Å²) in [5, 5.41) is 8.11. The summed E-state index contributed by atoms with van der Waals surface area (Å²) in [7, 11) is 0. The van der Waals surface area contributed by atoms with Crippen molar-refractivity contribution < 1.29 is 9.59 Å². The first-order chi connectivity index (χ1) is 11.5. The van der Waals surface area contributed by atoms with Crippen LogP contribution in [0.3, 0.4) is 0 Å². The van der Waals surface area contributed by atoms with Gasteiger partial charge in [-0.05, 0) is 40.2 Å². The van der Waals surface area contributed by atoms with Gasteiger partial charge in [0.05, 0.1) is 25.6 Å². The number of hydrazine groups is 1. The van der Waals surface area contributed by atoms with E-state index in [9.17, 15) is 9.59 Å². The zero-order valence-corrected chi connectivity index (χ0v) is 15.0. The van der Waals surface area contributed by atoms with Crippen molar-refractivity contribution in [3.8, 4) is 5.69 Å². The number of hydrogen-bond acceptors (Lipinski definition) is 5. The molecule has 2 amide bonds. The number of amides is 2. The van der Waals surface area contributed by atoms with Gasteiger partial charge in [0.25, 0.3) is 11.8 Å². The van der Waals surface area contributed by atoms with E-state index in [1.807, 2.05) is 0 Å². The van der Waals surface area contributed by atoms with E-state index >= 15 is 0 Å². The molecule has 0 radical (unpaired) electrons. The molecule has 3 aromatic rings. The average Bonchev–Trinajstić information content (AvgIpc) is 3.22. The number of halogens is 2. The summed E-state index contributed by atoms with van der Waals surface area (Å²) in [4.78, 5) is 24.4. The van der Waals surface area contributed by atoms with Crippen molar-refractivity contribution in [1.29, 1.82) is 0 Å². The minimum Gasteiger partial charge on any atom is -0.266 e. The molecule has 0 aliphatic carbocycles. The maximum absolute atomic E-state index is 12.0. The van der Waals surface area contributed by atoms with E-state index < -0.39 is 11.8 Å². The normalized spacial score (nSPS) is 10.4. The Labute approximate surface area is 153 Å². The molecule has 1 aromatic carbocycles. The lowest BCUT2D eigenvalue weighted by atomic mass is 10.3. The third-order valence-corrected chi connectivity index (χ3v) is 4.85. The number of benzene rings is 1. The standard InChI is InChI=1S/C14H9BrClN5O2S/c15-12-6-5-11(24-12)14(23)19-18-13(22)9-7-21(20-17-9)10-4-2-1-3-8(10)16/h1-7H,(H,18,22)(H,19,23). The second kappa shape index (κ2) is 7.12. The van der Waals surface area contributed by atoms with E-state index in [2.05, 4.69) is 37.1 Å². The van der Waals surface area contributed by atoms with E-state index in [1.54, 1.807) is 36.4 Å². The van der Waals surface area contributed by atoms with E-state index in [1.165, 1.54) is 22.2 Å². The van der Waals surface area contributed by atoms with E-state index in [0.29, 0.717) is 15.6 Å². The van der Waals surface area contributed by atoms with Crippen LogP contribution in [0.15, 0.2) is 46.4 Å². The number of nitrogens with one attached hydrogen (secondary N) is 2. The minimum absolute atomic E-state index is 0.0441. The maximum Gasteiger partial charge on any atom is 0.291 e. The first-order valence-electron chi connectivity index (χ1n) is 6.58. The lowest BCUT2D eigenvalue weighted by Gasteiger charge is -2.04. The van der Waals surface area contributed by atoms with Crippen molar-refractivity contribution in [2.24, 2.45) is 0 Å². The Morgan fingerprint density at radius 2 is 1.88 bits per heavy atom. The van der Waals surface area contributed by atoms with Crippen molar-refractivity contribution in [3.63, 3.8) is 0 Å². The first-order valence-corrected chi connectivity index (χ1v) is 8.56. The first kappa shape index (κ1) is 16.6. The zero-order chi connectivity index (χ0) is 17.1. The number of para-hydroxylation sites is 1. The summed E-state index contributed by atoms with van der Waals surface area (Å²) in [5.74, 6) is -1.00. The van der Waals surface area contributed by atoms with Gasteiger partial charge in [-0.15, -0.1) is 16.4 Å². The average molecular weight is 427 g/mol. The summed E-state index contributed by atoms with van der Waals surface area (Å²) < 4.78 is 2.21. The summed E-state index contributed by atoms with van der Waals surface area (Å²) in [6.07, 6.45) is 1.42. The molecule has 0 saturated heterocycles. The Hall–Kier alpha value is -2.23. The molecule has 10 heteroatoms. The van der Waals surface area contributed by atoms with Gasteiger partial charge in [-0.2, -0.15) is 0 Å². The molecule has 0 unspecified atom stereocenters. The molecule has 7 nitrogen and oxygen atoms in total. The lowest BCUT2D eigenvalue weighted by molar-refractivity contribution is 0.0846. The van der Waals surface area contributed by atoms with Crippen LogP contribution in [0.5, 0.6) is 0 Å². The number of rotatable bonds is 3. The molecule has 0 spiro atoms. The number of thiophene rings is 1. The van der Waals surface area contributed by atoms with Crippen molar-refractivity contribution in [1.82, 2.24) is 25.8 Å². The van der Waals surface area contributed by atoms with E-state index in [-0.39, 0.29) is 5.69 Å². The molecule has 0 aliphatic rings. The SMILES string of the molecule is O=C(NNC(=O)c1ccc(Br)s1)c1cn(-c2ccccc2Cl)nn1. The van der Waals surface area contributed by atoms with Crippen molar-refractivity contribution in [2.45, 2.75) is 0 Å². The molecule has 0 aliphatic heterocycles. The van der Waals surface area contributed by atoms with Gasteiger partial charge in [0.2, 0.25) is 0 Å². The van der Waals surface area contributed by atoms with Crippen LogP contribution in [0.2, 0.25) is 5.02 Å². The second-order valence-electron chi connectivity index (χ2n) is 4.51. The van der Waals surface area contributed by atoms with Crippen LogP contribution in [0, 0.1) is 0 Å². The highest BCUT2D eigenvalue weighted by molar-refractivity contribution is 9.11. The Balaban J connectivity index is 1.66. The fraction of sp³-hybridized carbons (Fsp3) is 0. The molecule has 122 valence electrons. The van der Waals surface area contributed by atoms with Crippen molar-refractivity contribution in [3.05, 3.63) is 62.0 Å². The molecule has 0 fully saturated rings. The molecular formula is C14H9BrClN5O2S. The summed E-state index contributed by atoms with van der Waals surface area (Å²) in [6, 6.07) is 10.4. The highest BCUT2D eigenvalue weighted by atomic mass is 79.9. The van der Waals surface area contributed by atoms with Crippen molar-refractivity contribution in [2.75, 3.05) is 0 Å². The minimum atomic E-state index is -0.586. The van der Waals surface area contributed by atoms with Crippen LogP contribution in [-0.2, 0) is 0 Å². The smallest absolute Gasteiger partial charge is 0.266 e. The van der Waals surface area contributed by atoms with Crippen LogP contribution in [-0.4, -0.2) is 26.8 Å². The van der Waals surface area contributed by atoms with Crippen LogP contribution in [0.25, 0.3) is 5.69 Å². The molecule has 2 N–H and O–H groups in total.